The second-order valence-corrected chi connectivity index (χ2v) is 4.67. The fourth-order valence-electron chi connectivity index (χ4n) is 1.76. The van der Waals surface area contributed by atoms with Gasteiger partial charge < -0.3 is 5.73 Å². The van der Waals surface area contributed by atoms with E-state index in [0.29, 0.717) is 13.0 Å². The van der Waals surface area contributed by atoms with Gasteiger partial charge in [0.05, 0.1) is 12.6 Å². The molecule has 0 aliphatic carbocycles. The van der Waals surface area contributed by atoms with Crippen molar-refractivity contribution in [2.75, 3.05) is 13.1 Å². The maximum Gasteiger partial charge on any atom is 0.401 e. The van der Waals surface area contributed by atoms with Gasteiger partial charge in [-0.3, -0.25) is 4.90 Å². The SMILES string of the molecule is CCCN(CC(F)(F)F)C(C)CC(C)(N)C#N. The summed E-state index contributed by atoms with van der Waals surface area (Å²) in [6, 6.07) is 1.53. The third-order valence-electron chi connectivity index (χ3n) is 2.49. The highest BCUT2D eigenvalue weighted by atomic mass is 19.4. The van der Waals surface area contributed by atoms with Crippen LogP contribution in [0.3, 0.4) is 0 Å². The van der Waals surface area contributed by atoms with Crippen LogP contribution in [-0.4, -0.2) is 35.7 Å². The Morgan fingerprint density at radius 2 is 1.94 bits per heavy atom. The van der Waals surface area contributed by atoms with E-state index in [4.69, 9.17) is 11.0 Å². The molecule has 17 heavy (non-hydrogen) atoms. The predicted molar refractivity (Wildman–Crippen MR) is 60.2 cm³/mol. The van der Waals surface area contributed by atoms with Crippen LogP contribution in [0, 0.1) is 11.3 Å². The van der Waals surface area contributed by atoms with Crippen LogP contribution < -0.4 is 5.73 Å². The molecular weight excluding hydrogens is 231 g/mol. The van der Waals surface area contributed by atoms with Crippen molar-refractivity contribution < 1.29 is 13.2 Å². The average Bonchev–Trinajstić information content (AvgIpc) is 2.14. The monoisotopic (exact) mass is 251 g/mol. The number of hydrogen-bond donors (Lipinski definition) is 1. The normalized spacial score (nSPS) is 17.6. The van der Waals surface area contributed by atoms with Crippen molar-refractivity contribution >= 4 is 0 Å². The molecule has 0 radical (unpaired) electrons. The number of rotatable bonds is 6. The lowest BCUT2D eigenvalue weighted by Crippen LogP contribution is -2.47. The molecule has 0 aromatic carbocycles. The van der Waals surface area contributed by atoms with Crippen LogP contribution in [0.5, 0.6) is 0 Å². The summed E-state index contributed by atoms with van der Waals surface area (Å²) in [6.45, 7) is 4.42. The van der Waals surface area contributed by atoms with Gasteiger partial charge in [-0.05, 0) is 33.2 Å². The van der Waals surface area contributed by atoms with Gasteiger partial charge >= 0.3 is 6.18 Å². The minimum absolute atomic E-state index is 0.222. The van der Waals surface area contributed by atoms with Crippen molar-refractivity contribution in [3.05, 3.63) is 0 Å². The van der Waals surface area contributed by atoms with Gasteiger partial charge in [0, 0.05) is 6.04 Å². The Morgan fingerprint density at radius 1 is 1.41 bits per heavy atom. The molecule has 0 saturated carbocycles. The standard InChI is InChI=1S/C11H20F3N3/c1-4-5-17(8-11(12,13)14)9(2)6-10(3,16)7-15/h9H,4-6,8,16H2,1-3H3. The van der Waals surface area contributed by atoms with Crippen LogP contribution in [0.25, 0.3) is 0 Å². The molecule has 0 saturated heterocycles. The summed E-state index contributed by atoms with van der Waals surface area (Å²) in [5.74, 6) is 0. The molecule has 2 unspecified atom stereocenters. The van der Waals surface area contributed by atoms with Gasteiger partial charge in [-0.1, -0.05) is 6.92 Å². The highest BCUT2D eigenvalue weighted by Gasteiger charge is 2.34. The topological polar surface area (TPSA) is 53.0 Å². The van der Waals surface area contributed by atoms with Crippen LogP contribution in [0.4, 0.5) is 13.2 Å². The highest BCUT2D eigenvalue weighted by Crippen LogP contribution is 2.21. The van der Waals surface area contributed by atoms with E-state index in [1.807, 2.05) is 13.0 Å². The molecule has 0 fully saturated rings. The first-order valence-corrected chi connectivity index (χ1v) is 5.62. The van der Waals surface area contributed by atoms with Crippen molar-refractivity contribution in [1.82, 2.24) is 4.90 Å². The second kappa shape index (κ2) is 6.22. The van der Waals surface area contributed by atoms with E-state index in [1.54, 1.807) is 6.92 Å². The van der Waals surface area contributed by atoms with Gasteiger partial charge in [0.15, 0.2) is 0 Å². The molecule has 0 bridgehead atoms. The molecule has 3 nitrogen and oxygen atoms in total. The Bertz CT molecular complexity index is 268. The zero-order valence-corrected chi connectivity index (χ0v) is 10.5. The van der Waals surface area contributed by atoms with Crippen LogP contribution in [0.2, 0.25) is 0 Å². The van der Waals surface area contributed by atoms with Crippen molar-refractivity contribution in [3.63, 3.8) is 0 Å². The van der Waals surface area contributed by atoms with Crippen LogP contribution in [-0.2, 0) is 0 Å². The Morgan fingerprint density at radius 3 is 2.29 bits per heavy atom. The third-order valence-corrected chi connectivity index (χ3v) is 2.49. The summed E-state index contributed by atoms with van der Waals surface area (Å²) >= 11 is 0. The van der Waals surface area contributed by atoms with Gasteiger partial charge in [-0.15, -0.1) is 0 Å². The Hall–Kier alpha value is -0.800. The van der Waals surface area contributed by atoms with Crippen LogP contribution in [0.1, 0.15) is 33.6 Å². The number of alkyl halides is 3. The summed E-state index contributed by atoms with van der Waals surface area (Å²) < 4.78 is 37.1. The number of nitrogens with two attached hydrogens (primary N) is 1. The maximum absolute atomic E-state index is 12.4. The first kappa shape index (κ1) is 16.2. The lowest BCUT2D eigenvalue weighted by Gasteiger charge is -2.32. The molecular formula is C11H20F3N3. The minimum Gasteiger partial charge on any atom is -0.314 e. The number of halogens is 3. The van der Waals surface area contributed by atoms with E-state index in [9.17, 15) is 13.2 Å². The summed E-state index contributed by atoms with van der Waals surface area (Å²) in [5, 5.41) is 8.77. The highest BCUT2D eigenvalue weighted by molar-refractivity contribution is 5.02. The van der Waals surface area contributed by atoms with E-state index in [-0.39, 0.29) is 12.5 Å². The van der Waals surface area contributed by atoms with Gasteiger partial charge in [0.25, 0.3) is 0 Å². The molecule has 2 atom stereocenters. The van der Waals surface area contributed by atoms with Gasteiger partial charge in [-0.2, -0.15) is 18.4 Å². The molecule has 0 aromatic heterocycles. The molecule has 0 aliphatic rings. The first-order chi connectivity index (χ1) is 7.61. The van der Waals surface area contributed by atoms with Crippen molar-refractivity contribution in [3.8, 4) is 6.07 Å². The van der Waals surface area contributed by atoms with E-state index in [0.717, 1.165) is 0 Å². The quantitative estimate of drug-likeness (QED) is 0.788. The molecule has 0 rings (SSSR count). The fourth-order valence-corrected chi connectivity index (χ4v) is 1.76. The zero-order chi connectivity index (χ0) is 13.7. The molecule has 100 valence electrons. The maximum atomic E-state index is 12.4. The Kier molecular flexibility index (Phi) is 5.93. The van der Waals surface area contributed by atoms with Crippen molar-refractivity contribution in [1.29, 1.82) is 5.26 Å². The summed E-state index contributed by atoms with van der Waals surface area (Å²) in [5.41, 5.74) is 4.56. The molecule has 6 heteroatoms. The average molecular weight is 251 g/mol. The van der Waals surface area contributed by atoms with E-state index in [2.05, 4.69) is 0 Å². The smallest absolute Gasteiger partial charge is 0.314 e. The second-order valence-electron chi connectivity index (χ2n) is 4.67. The fraction of sp³-hybridized carbons (Fsp3) is 0.909. The van der Waals surface area contributed by atoms with E-state index in [1.165, 1.54) is 11.8 Å². The van der Waals surface area contributed by atoms with Gasteiger partial charge in [0.1, 0.15) is 5.54 Å². The lowest BCUT2D eigenvalue weighted by molar-refractivity contribution is -0.150. The Labute approximate surface area is 100 Å². The molecule has 2 N–H and O–H groups in total. The third kappa shape index (κ3) is 7.18. The number of nitrogens with zero attached hydrogens (tertiary/aromatic N) is 2. The lowest BCUT2D eigenvalue weighted by atomic mass is 9.95. The molecule has 0 amide bonds. The number of hydrogen-bond acceptors (Lipinski definition) is 3. The minimum atomic E-state index is -4.22. The van der Waals surface area contributed by atoms with Crippen molar-refractivity contribution in [2.45, 2.75) is 51.4 Å². The van der Waals surface area contributed by atoms with E-state index < -0.39 is 18.3 Å². The summed E-state index contributed by atoms with van der Waals surface area (Å²) in [7, 11) is 0. The van der Waals surface area contributed by atoms with E-state index >= 15 is 0 Å². The molecule has 0 aromatic rings. The Balaban J connectivity index is 4.56. The number of nitriles is 1. The molecule has 0 heterocycles. The van der Waals surface area contributed by atoms with Gasteiger partial charge in [0.2, 0.25) is 0 Å². The van der Waals surface area contributed by atoms with Crippen molar-refractivity contribution in [2.24, 2.45) is 5.73 Å². The predicted octanol–water partition coefficient (Wildman–Crippen LogP) is 2.28. The largest absolute Gasteiger partial charge is 0.401 e. The summed E-state index contributed by atoms with van der Waals surface area (Å²) in [4.78, 5) is 1.32. The first-order valence-electron chi connectivity index (χ1n) is 5.62. The van der Waals surface area contributed by atoms with Crippen LogP contribution >= 0.6 is 0 Å². The molecule has 0 spiro atoms. The van der Waals surface area contributed by atoms with Crippen LogP contribution in [0.15, 0.2) is 0 Å². The summed E-state index contributed by atoms with van der Waals surface area (Å²) in [6.07, 6.45) is -3.37. The van der Waals surface area contributed by atoms with Gasteiger partial charge in [-0.25, -0.2) is 0 Å². The molecule has 0 aliphatic heterocycles. The zero-order valence-electron chi connectivity index (χ0n) is 10.5.